The summed E-state index contributed by atoms with van der Waals surface area (Å²) in [5.41, 5.74) is 1.35. The highest BCUT2D eigenvalue weighted by atomic mass is 79.9. The number of ether oxygens (including phenoxy) is 2. The molecule has 2 heterocycles. The van der Waals surface area contributed by atoms with Crippen LogP contribution in [0.1, 0.15) is 30.9 Å². The van der Waals surface area contributed by atoms with Crippen LogP contribution in [0.3, 0.4) is 0 Å². The van der Waals surface area contributed by atoms with E-state index in [1.54, 1.807) is 0 Å². The number of halogens is 1. The van der Waals surface area contributed by atoms with Crippen LogP contribution in [-0.2, 0) is 0 Å². The molecular formula is C16H21BrN2O2. The number of fused-ring (bicyclic) bond motifs is 1. The smallest absolute Gasteiger partial charge is 0.231 e. The largest absolute Gasteiger partial charge is 0.454 e. The number of nitrogens with one attached hydrogen (secondary N) is 1. The first-order valence-electron chi connectivity index (χ1n) is 7.85. The standard InChI is InChI=1S/C16H21BrN2O2/c17-13-9-16-15(20-10-21-16)8-12(13)14(7-11-1-2-11)19-5-3-18-4-6-19/h8-9,11,14,18H,1-7,10H2/t14-/m0/s1. The monoisotopic (exact) mass is 352 g/mol. The van der Waals surface area contributed by atoms with Gasteiger partial charge in [0.2, 0.25) is 6.79 Å². The number of nitrogens with zero attached hydrogens (tertiary/aromatic N) is 1. The molecule has 1 saturated carbocycles. The van der Waals surface area contributed by atoms with Gasteiger partial charge in [-0.05, 0) is 30.0 Å². The van der Waals surface area contributed by atoms with Gasteiger partial charge in [0.15, 0.2) is 11.5 Å². The van der Waals surface area contributed by atoms with Crippen LogP contribution < -0.4 is 14.8 Å². The lowest BCUT2D eigenvalue weighted by Crippen LogP contribution is -2.45. The Bertz CT molecular complexity index is 527. The number of rotatable bonds is 4. The summed E-state index contributed by atoms with van der Waals surface area (Å²) in [6, 6.07) is 4.74. The molecule has 2 aliphatic heterocycles. The molecule has 0 unspecified atom stereocenters. The molecule has 1 saturated heterocycles. The second-order valence-corrected chi connectivity index (χ2v) is 7.06. The Morgan fingerprint density at radius 3 is 2.62 bits per heavy atom. The van der Waals surface area contributed by atoms with Gasteiger partial charge in [0.1, 0.15) is 0 Å². The van der Waals surface area contributed by atoms with Crippen LogP contribution in [0.4, 0.5) is 0 Å². The maximum absolute atomic E-state index is 5.58. The van der Waals surface area contributed by atoms with Crippen molar-refractivity contribution in [2.45, 2.75) is 25.3 Å². The average molecular weight is 353 g/mol. The van der Waals surface area contributed by atoms with Crippen molar-refractivity contribution in [3.05, 3.63) is 22.2 Å². The van der Waals surface area contributed by atoms with E-state index in [9.17, 15) is 0 Å². The molecule has 2 fully saturated rings. The summed E-state index contributed by atoms with van der Waals surface area (Å²) in [5, 5.41) is 3.45. The van der Waals surface area contributed by atoms with E-state index >= 15 is 0 Å². The Morgan fingerprint density at radius 1 is 1.19 bits per heavy atom. The summed E-state index contributed by atoms with van der Waals surface area (Å²) in [4.78, 5) is 2.62. The van der Waals surface area contributed by atoms with E-state index < -0.39 is 0 Å². The zero-order valence-corrected chi connectivity index (χ0v) is 13.7. The molecule has 114 valence electrons. The molecule has 4 rings (SSSR count). The topological polar surface area (TPSA) is 33.7 Å². The van der Waals surface area contributed by atoms with Crippen LogP contribution >= 0.6 is 15.9 Å². The van der Waals surface area contributed by atoms with Crippen molar-refractivity contribution >= 4 is 15.9 Å². The molecule has 0 spiro atoms. The molecule has 4 nitrogen and oxygen atoms in total. The summed E-state index contributed by atoms with van der Waals surface area (Å²) in [5.74, 6) is 2.66. The number of benzene rings is 1. The molecule has 0 aromatic heterocycles. The molecule has 0 radical (unpaired) electrons. The second kappa shape index (κ2) is 5.78. The van der Waals surface area contributed by atoms with Gasteiger partial charge in [0, 0.05) is 36.7 Å². The van der Waals surface area contributed by atoms with Gasteiger partial charge >= 0.3 is 0 Å². The Kier molecular flexibility index (Phi) is 3.81. The van der Waals surface area contributed by atoms with E-state index in [1.807, 2.05) is 0 Å². The first-order chi connectivity index (χ1) is 10.3. The quantitative estimate of drug-likeness (QED) is 0.903. The first kappa shape index (κ1) is 13.9. The number of hydrogen-bond donors (Lipinski definition) is 1. The number of piperazine rings is 1. The lowest BCUT2D eigenvalue weighted by atomic mass is 9.98. The fraction of sp³-hybridized carbons (Fsp3) is 0.625. The van der Waals surface area contributed by atoms with Gasteiger partial charge in [-0.1, -0.05) is 28.8 Å². The Morgan fingerprint density at radius 2 is 1.90 bits per heavy atom. The molecule has 1 N–H and O–H groups in total. The molecule has 1 aliphatic carbocycles. The fourth-order valence-electron chi connectivity index (χ4n) is 3.32. The highest BCUT2D eigenvalue weighted by molar-refractivity contribution is 9.10. The van der Waals surface area contributed by atoms with E-state index in [4.69, 9.17) is 9.47 Å². The molecule has 0 amide bonds. The third-order valence-corrected chi connectivity index (χ3v) is 5.38. The zero-order valence-electron chi connectivity index (χ0n) is 12.1. The Hall–Kier alpha value is -0.780. The molecule has 0 bridgehead atoms. The highest BCUT2D eigenvalue weighted by Gasteiger charge is 2.32. The van der Waals surface area contributed by atoms with Crippen LogP contribution in [-0.4, -0.2) is 37.9 Å². The summed E-state index contributed by atoms with van der Waals surface area (Å²) in [7, 11) is 0. The van der Waals surface area contributed by atoms with Gasteiger partial charge in [-0.15, -0.1) is 0 Å². The molecular weight excluding hydrogens is 332 g/mol. The maximum Gasteiger partial charge on any atom is 0.231 e. The minimum Gasteiger partial charge on any atom is -0.454 e. The number of hydrogen-bond acceptors (Lipinski definition) is 4. The Balaban J connectivity index is 1.65. The van der Waals surface area contributed by atoms with Crippen molar-refractivity contribution in [3.8, 4) is 11.5 Å². The molecule has 1 atom stereocenters. The minimum absolute atomic E-state index is 0.339. The summed E-state index contributed by atoms with van der Waals surface area (Å²) >= 11 is 3.75. The predicted octanol–water partition coefficient (Wildman–Crippen LogP) is 2.92. The van der Waals surface area contributed by atoms with Crippen molar-refractivity contribution in [2.24, 2.45) is 5.92 Å². The predicted molar refractivity (Wildman–Crippen MR) is 84.8 cm³/mol. The van der Waals surface area contributed by atoms with Crippen LogP contribution in [0.25, 0.3) is 0 Å². The summed E-state index contributed by atoms with van der Waals surface area (Å²) in [6.45, 7) is 4.76. The van der Waals surface area contributed by atoms with E-state index in [2.05, 4.69) is 38.3 Å². The van der Waals surface area contributed by atoms with Crippen molar-refractivity contribution < 1.29 is 9.47 Å². The van der Waals surface area contributed by atoms with Gasteiger partial charge in [0.05, 0.1) is 0 Å². The molecule has 3 aliphatic rings. The lowest BCUT2D eigenvalue weighted by molar-refractivity contribution is 0.159. The van der Waals surface area contributed by atoms with Crippen LogP contribution in [0, 0.1) is 5.92 Å². The van der Waals surface area contributed by atoms with Crippen LogP contribution in [0.5, 0.6) is 11.5 Å². The van der Waals surface area contributed by atoms with Crippen molar-refractivity contribution in [3.63, 3.8) is 0 Å². The van der Waals surface area contributed by atoms with E-state index in [-0.39, 0.29) is 0 Å². The normalized spacial score (nSPS) is 23.3. The maximum atomic E-state index is 5.58. The first-order valence-corrected chi connectivity index (χ1v) is 8.64. The third kappa shape index (κ3) is 2.91. The van der Waals surface area contributed by atoms with E-state index in [1.165, 1.54) is 24.8 Å². The van der Waals surface area contributed by atoms with E-state index in [0.29, 0.717) is 12.8 Å². The van der Waals surface area contributed by atoms with E-state index in [0.717, 1.165) is 48.1 Å². The van der Waals surface area contributed by atoms with Crippen molar-refractivity contribution in [1.29, 1.82) is 0 Å². The van der Waals surface area contributed by atoms with Gasteiger partial charge in [0.25, 0.3) is 0 Å². The Labute approximate surface area is 133 Å². The van der Waals surface area contributed by atoms with Crippen molar-refractivity contribution in [1.82, 2.24) is 10.2 Å². The summed E-state index contributed by atoms with van der Waals surface area (Å²) in [6.07, 6.45) is 4.05. The lowest BCUT2D eigenvalue weighted by Gasteiger charge is -2.36. The fourth-order valence-corrected chi connectivity index (χ4v) is 3.91. The van der Waals surface area contributed by atoms with Gasteiger partial charge < -0.3 is 14.8 Å². The zero-order chi connectivity index (χ0) is 14.2. The highest BCUT2D eigenvalue weighted by Crippen LogP contribution is 2.45. The molecule has 1 aromatic carbocycles. The van der Waals surface area contributed by atoms with Crippen LogP contribution in [0.2, 0.25) is 0 Å². The van der Waals surface area contributed by atoms with Gasteiger partial charge in [-0.3, -0.25) is 4.90 Å². The summed E-state index contributed by atoms with van der Waals surface area (Å²) < 4.78 is 12.2. The second-order valence-electron chi connectivity index (χ2n) is 6.21. The third-order valence-electron chi connectivity index (χ3n) is 4.70. The van der Waals surface area contributed by atoms with Gasteiger partial charge in [-0.25, -0.2) is 0 Å². The average Bonchev–Trinajstić information content (AvgIpc) is 3.22. The van der Waals surface area contributed by atoms with Crippen molar-refractivity contribution in [2.75, 3.05) is 33.0 Å². The molecule has 5 heteroatoms. The van der Waals surface area contributed by atoms with Crippen LogP contribution in [0.15, 0.2) is 16.6 Å². The van der Waals surface area contributed by atoms with Gasteiger partial charge in [-0.2, -0.15) is 0 Å². The minimum atomic E-state index is 0.339. The molecule has 21 heavy (non-hydrogen) atoms. The SMILES string of the molecule is Brc1cc2c(cc1[C@H](CC1CC1)N1CCNCC1)OCO2. The molecule has 1 aromatic rings.